The SMILES string of the molecule is CCCCCOc1ccc(C2C(C(=O)OC(C)C)=C(C)Nc3nc(SCC)nn32)cc1OC. The average Bonchev–Trinajstić information content (AvgIpc) is 3.17. The Morgan fingerprint density at radius 2 is 2.03 bits per heavy atom. The summed E-state index contributed by atoms with van der Waals surface area (Å²) in [5.41, 5.74) is 2.02. The van der Waals surface area contributed by atoms with Crippen LogP contribution < -0.4 is 14.8 Å². The number of hydrogen-bond acceptors (Lipinski definition) is 8. The largest absolute Gasteiger partial charge is 0.493 e. The Balaban J connectivity index is 2.03. The van der Waals surface area contributed by atoms with Gasteiger partial charge in [-0.15, -0.1) is 5.10 Å². The Labute approximate surface area is 200 Å². The van der Waals surface area contributed by atoms with Gasteiger partial charge in [0.05, 0.1) is 25.4 Å². The van der Waals surface area contributed by atoms with E-state index in [1.54, 1.807) is 23.6 Å². The van der Waals surface area contributed by atoms with E-state index in [0.717, 1.165) is 30.6 Å². The van der Waals surface area contributed by atoms with Gasteiger partial charge >= 0.3 is 5.97 Å². The van der Waals surface area contributed by atoms with E-state index >= 15 is 0 Å². The number of fused-ring (bicyclic) bond motifs is 1. The van der Waals surface area contributed by atoms with E-state index in [-0.39, 0.29) is 12.1 Å². The van der Waals surface area contributed by atoms with Crippen LogP contribution in [0.4, 0.5) is 5.95 Å². The van der Waals surface area contributed by atoms with E-state index in [0.29, 0.717) is 40.5 Å². The zero-order valence-corrected chi connectivity index (χ0v) is 21.1. The lowest BCUT2D eigenvalue weighted by atomic mass is 9.95. The van der Waals surface area contributed by atoms with Gasteiger partial charge < -0.3 is 19.5 Å². The summed E-state index contributed by atoms with van der Waals surface area (Å²) in [7, 11) is 1.62. The van der Waals surface area contributed by atoms with Gasteiger partial charge in [-0.25, -0.2) is 9.48 Å². The van der Waals surface area contributed by atoms with Crippen molar-refractivity contribution in [2.45, 2.75) is 71.2 Å². The molecule has 0 spiro atoms. The van der Waals surface area contributed by atoms with Gasteiger partial charge in [0.1, 0.15) is 6.04 Å². The van der Waals surface area contributed by atoms with Crippen LogP contribution in [0, 0.1) is 0 Å². The second-order valence-corrected chi connectivity index (χ2v) is 9.31. The maximum Gasteiger partial charge on any atom is 0.338 e. The number of methoxy groups -OCH3 is 1. The summed E-state index contributed by atoms with van der Waals surface area (Å²) in [6.45, 7) is 10.4. The highest BCUT2D eigenvalue weighted by atomic mass is 32.2. The molecule has 8 nitrogen and oxygen atoms in total. The van der Waals surface area contributed by atoms with E-state index in [4.69, 9.17) is 14.2 Å². The lowest BCUT2D eigenvalue weighted by Crippen LogP contribution is -2.30. The van der Waals surface area contributed by atoms with Crippen LogP contribution >= 0.6 is 11.8 Å². The van der Waals surface area contributed by atoms with Crippen molar-refractivity contribution < 1.29 is 19.0 Å². The van der Waals surface area contributed by atoms with Gasteiger partial charge in [-0.3, -0.25) is 0 Å². The van der Waals surface area contributed by atoms with E-state index in [2.05, 4.69) is 29.2 Å². The summed E-state index contributed by atoms with van der Waals surface area (Å²) >= 11 is 1.55. The molecule has 2 aromatic rings. The summed E-state index contributed by atoms with van der Waals surface area (Å²) < 4.78 is 18.9. The minimum absolute atomic E-state index is 0.241. The number of allylic oxidation sites excluding steroid dienone is 1. The van der Waals surface area contributed by atoms with Crippen molar-refractivity contribution in [2.24, 2.45) is 0 Å². The van der Waals surface area contributed by atoms with E-state index in [1.165, 1.54) is 0 Å². The molecular weight excluding hydrogens is 440 g/mol. The van der Waals surface area contributed by atoms with Crippen LogP contribution in [-0.2, 0) is 9.53 Å². The second-order valence-electron chi connectivity index (χ2n) is 8.08. The summed E-state index contributed by atoms with van der Waals surface area (Å²) in [5, 5.41) is 8.56. The van der Waals surface area contributed by atoms with Crippen molar-refractivity contribution in [1.82, 2.24) is 14.8 Å². The molecule has 0 radical (unpaired) electrons. The van der Waals surface area contributed by atoms with Crippen LogP contribution in [0.3, 0.4) is 0 Å². The highest BCUT2D eigenvalue weighted by Crippen LogP contribution is 2.40. The van der Waals surface area contributed by atoms with Crippen LogP contribution in [0.15, 0.2) is 34.6 Å². The number of benzene rings is 1. The maximum absolute atomic E-state index is 13.1. The first-order valence-corrected chi connectivity index (χ1v) is 12.5. The predicted molar refractivity (Wildman–Crippen MR) is 130 cm³/mol. The molecule has 0 amide bonds. The van der Waals surface area contributed by atoms with Crippen molar-refractivity contribution in [3.05, 3.63) is 35.0 Å². The fourth-order valence-corrected chi connectivity index (χ4v) is 4.23. The number of anilines is 1. The van der Waals surface area contributed by atoms with Gasteiger partial charge in [0.15, 0.2) is 11.5 Å². The van der Waals surface area contributed by atoms with Crippen LogP contribution in [-0.4, -0.2) is 46.3 Å². The Kier molecular flexibility index (Phi) is 8.66. The third-order valence-electron chi connectivity index (χ3n) is 5.18. The highest BCUT2D eigenvalue weighted by molar-refractivity contribution is 7.99. The first kappa shape index (κ1) is 25.0. The number of ether oxygens (including phenoxy) is 3. The molecule has 9 heteroatoms. The maximum atomic E-state index is 13.1. The smallest absolute Gasteiger partial charge is 0.338 e. The van der Waals surface area contributed by atoms with Gasteiger partial charge in [-0.2, -0.15) is 4.98 Å². The number of aromatic nitrogens is 3. The molecule has 1 aliphatic rings. The van der Waals surface area contributed by atoms with Gasteiger partial charge in [0.25, 0.3) is 0 Å². The molecule has 1 aromatic carbocycles. The normalized spacial score (nSPS) is 15.3. The molecule has 3 rings (SSSR count). The molecule has 0 bridgehead atoms. The summed E-state index contributed by atoms with van der Waals surface area (Å²) in [6, 6.07) is 5.23. The van der Waals surface area contributed by atoms with Crippen molar-refractivity contribution in [2.75, 3.05) is 24.8 Å². The van der Waals surface area contributed by atoms with Crippen molar-refractivity contribution in [3.8, 4) is 11.5 Å². The number of nitrogens with zero attached hydrogens (tertiary/aromatic N) is 3. The second kappa shape index (κ2) is 11.4. The highest BCUT2D eigenvalue weighted by Gasteiger charge is 2.36. The Morgan fingerprint density at radius 3 is 2.70 bits per heavy atom. The molecule has 1 unspecified atom stereocenters. The molecule has 1 atom stereocenters. The molecule has 1 N–H and O–H groups in total. The number of esters is 1. The minimum Gasteiger partial charge on any atom is -0.493 e. The zero-order valence-electron chi connectivity index (χ0n) is 20.3. The molecule has 0 fully saturated rings. The zero-order chi connectivity index (χ0) is 24.0. The van der Waals surface area contributed by atoms with Crippen molar-refractivity contribution in [1.29, 1.82) is 0 Å². The molecule has 1 aromatic heterocycles. The summed E-state index contributed by atoms with van der Waals surface area (Å²) in [5.74, 6) is 2.35. The van der Waals surface area contributed by atoms with E-state index < -0.39 is 6.04 Å². The molecule has 0 saturated heterocycles. The predicted octanol–water partition coefficient (Wildman–Crippen LogP) is 5.21. The van der Waals surface area contributed by atoms with E-state index in [9.17, 15) is 4.79 Å². The number of nitrogens with one attached hydrogen (secondary N) is 1. The third-order valence-corrected chi connectivity index (χ3v) is 5.90. The minimum atomic E-state index is -0.505. The first-order chi connectivity index (χ1) is 15.9. The number of rotatable bonds is 11. The van der Waals surface area contributed by atoms with Crippen LogP contribution in [0.5, 0.6) is 11.5 Å². The van der Waals surface area contributed by atoms with Gasteiger partial charge in [0, 0.05) is 5.70 Å². The van der Waals surface area contributed by atoms with Crippen LogP contribution in [0.1, 0.15) is 65.5 Å². The number of unbranched alkanes of at least 4 members (excludes halogenated alkanes) is 2. The first-order valence-electron chi connectivity index (χ1n) is 11.5. The topological polar surface area (TPSA) is 87.5 Å². The van der Waals surface area contributed by atoms with E-state index in [1.807, 2.05) is 39.0 Å². The lowest BCUT2D eigenvalue weighted by Gasteiger charge is -2.29. The van der Waals surface area contributed by atoms with Crippen LogP contribution in [0.25, 0.3) is 0 Å². The fraction of sp³-hybridized carbons (Fsp3) is 0.542. The van der Waals surface area contributed by atoms with Crippen molar-refractivity contribution in [3.63, 3.8) is 0 Å². The molecule has 33 heavy (non-hydrogen) atoms. The molecule has 1 aliphatic heterocycles. The third kappa shape index (κ3) is 5.82. The number of carbonyl (C=O) groups is 1. The van der Waals surface area contributed by atoms with Crippen LogP contribution in [0.2, 0.25) is 0 Å². The standard InChI is InChI=1S/C24H34N4O4S/c1-7-9-10-13-31-18-12-11-17(14-19(18)30-6)21-20(22(29)32-15(3)4)16(5)25-23-26-24(33-8-2)27-28(21)23/h11-12,14-15,21H,7-10,13H2,1-6H3,(H,25,26,27). The molecule has 0 aliphatic carbocycles. The van der Waals surface area contributed by atoms with Crippen molar-refractivity contribution >= 4 is 23.7 Å². The summed E-state index contributed by atoms with van der Waals surface area (Å²) in [4.78, 5) is 17.7. The average molecular weight is 475 g/mol. The Morgan fingerprint density at radius 1 is 1.24 bits per heavy atom. The molecule has 2 heterocycles. The summed E-state index contributed by atoms with van der Waals surface area (Å²) in [6.07, 6.45) is 3.00. The number of hydrogen-bond donors (Lipinski definition) is 1. The van der Waals surface area contributed by atoms with Gasteiger partial charge in [-0.05, 0) is 50.6 Å². The Hall–Kier alpha value is -2.68. The quantitative estimate of drug-likeness (QED) is 0.270. The molecular formula is C24H34N4O4S. The number of carbonyl (C=O) groups excluding carboxylic acids is 1. The Bertz CT molecular complexity index is 1000. The number of thioether (sulfide) groups is 1. The monoisotopic (exact) mass is 474 g/mol. The lowest BCUT2D eigenvalue weighted by molar-refractivity contribution is -0.143. The van der Waals surface area contributed by atoms with Gasteiger partial charge in [0.2, 0.25) is 11.1 Å². The fourth-order valence-electron chi connectivity index (χ4n) is 3.68. The molecule has 180 valence electrons. The van der Waals surface area contributed by atoms with Gasteiger partial charge in [-0.1, -0.05) is 44.5 Å². The molecule has 0 saturated carbocycles.